The molecular formula is C57H82N3O9+. The zero-order valence-corrected chi connectivity index (χ0v) is 43.2. The molecule has 69 heavy (non-hydrogen) atoms. The lowest BCUT2D eigenvalue weighted by Gasteiger charge is -2.31. The van der Waals surface area contributed by atoms with E-state index in [2.05, 4.69) is 124 Å². The van der Waals surface area contributed by atoms with E-state index in [1.165, 1.54) is 93.6 Å². The number of aliphatic carboxylic acids is 4. The van der Waals surface area contributed by atoms with Gasteiger partial charge in [-0.05, 0) is 25.3 Å². The Hall–Kier alpha value is -5.40. The number of ether oxygens (including phenoxy) is 1. The Labute approximate surface area is 412 Å². The van der Waals surface area contributed by atoms with Gasteiger partial charge in [0.1, 0.15) is 38.4 Å². The summed E-state index contributed by atoms with van der Waals surface area (Å²) in [6.45, 7) is 20.2. The van der Waals surface area contributed by atoms with Crippen LogP contribution in [0.3, 0.4) is 0 Å². The van der Waals surface area contributed by atoms with E-state index in [0.29, 0.717) is 6.42 Å². The van der Waals surface area contributed by atoms with E-state index in [0.717, 1.165) is 23.9 Å². The number of hydrogen-bond acceptors (Lipinski definition) is 7. The average molecular weight is 953 g/mol. The Morgan fingerprint density at radius 1 is 0.594 bits per heavy atom. The number of carbonyl (C=O) groups is 4. The zero-order valence-electron chi connectivity index (χ0n) is 43.2. The third kappa shape index (κ3) is 17.8. The second-order valence-corrected chi connectivity index (χ2v) is 20.3. The lowest BCUT2D eigenvalue weighted by atomic mass is 9.87. The SMILES string of the molecule is CCC(C)C(=O)O.CCC(C)C(=O)O.CCC(OC)C(C(=O)[O-])C(C)C(=O)[O-].C[N+](C)(C)Cc1ccccc1.c1ccc2c(c1)CC[N+]21CCCC1.c1ccc2c(c1)C[N+]1(C2)Cc2ccccc2C1. The van der Waals surface area contributed by atoms with Crippen LogP contribution in [0.2, 0.25) is 0 Å². The van der Waals surface area contributed by atoms with Crippen LogP contribution in [0.15, 0.2) is 103 Å². The number of fused-ring (bicyclic) bond motifs is 4. The summed E-state index contributed by atoms with van der Waals surface area (Å²) in [6, 6.07) is 37.5. The number of benzene rings is 4. The summed E-state index contributed by atoms with van der Waals surface area (Å²) in [4.78, 5) is 41.1. The molecule has 4 aliphatic rings. The van der Waals surface area contributed by atoms with E-state index < -0.39 is 41.8 Å². The Kier molecular flexibility index (Phi) is 23.3. The first-order valence-electron chi connectivity index (χ1n) is 24.8. The van der Waals surface area contributed by atoms with E-state index in [4.69, 9.17) is 14.9 Å². The zero-order chi connectivity index (χ0) is 51.4. The minimum absolute atomic E-state index is 0.181. The highest BCUT2D eigenvalue weighted by Gasteiger charge is 2.41. The van der Waals surface area contributed by atoms with E-state index in [9.17, 15) is 29.4 Å². The normalized spacial score (nSPS) is 17.2. The topological polar surface area (TPSA) is 164 Å². The van der Waals surface area contributed by atoms with Gasteiger partial charge in [-0.15, -0.1) is 0 Å². The molecule has 0 aliphatic carbocycles. The average Bonchev–Trinajstić information content (AvgIpc) is 4.13. The van der Waals surface area contributed by atoms with Crippen molar-refractivity contribution in [2.75, 3.05) is 47.9 Å². The summed E-state index contributed by atoms with van der Waals surface area (Å²) in [6.07, 6.45) is 5.34. The lowest BCUT2D eigenvalue weighted by molar-refractivity contribution is -0.966. The van der Waals surface area contributed by atoms with Gasteiger partial charge in [-0.3, -0.25) is 14.1 Å². The molecular weight excluding hydrogens is 871 g/mol. The molecule has 0 saturated carbocycles. The van der Waals surface area contributed by atoms with Crippen molar-refractivity contribution in [3.05, 3.63) is 137 Å². The molecule has 0 aromatic heterocycles. The van der Waals surface area contributed by atoms with Crippen LogP contribution in [0.4, 0.5) is 5.69 Å². The van der Waals surface area contributed by atoms with Crippen LogP contribution >= 0.6 is 0 Å². The largest absolute Gasteiger partial charge is 0.550 e. The minimum atomic E-state index is -1.42. The fraction of sp³-hybridized carbons (Fsp3) is 0.509. The quantitative estimate of drug-likeness (QED) is 0.135. The van der Waals surface area contributed by atoms with Gasteiger partial charge in [0.05, 0.1) is 58.7 Å². The van der Waals surface area contributed by atoms with Crippen LogP contribution in [-0.2, 0) is 63.1 Å². The first-order chi connectivity index (χ1) is 32.6. The summed E-state index contributed by atoms with van der Waals surface area (Å²) in [5.74, 6) is -6.89. The van der Waals surface area contributed by atoms with Crippen molar-refractivity contribution in [1.82, 2.24) is 4.48 Å². The van der Waals surface area contributed by atoms with Gasteiger partial charge in [-0.1, -0.05) is 139 Å². The van der Waals surface area contributed by atoms with Gasteiger partial charge in [0.2, 0.25) is 0 Å². The van der Waals surface area contributed by atoms with Crippen molar-refractivity contribution in [2.24, 2.45) is 23.7 Å². The fourth-order valence-electron chi connectivity index (χ4n) is 9.43. The number of carbonyl (C=O) groups excluding carboxylic acids is 2. The summed E-state index contributed by atoms with van der Waals surface area (Å²) in [5.41, 5.74) is 10.9. The van der Waals surface area contributed by atoms with Crippen molar-refractivity contribution in [1.29, 1.82) is 0 Å². The molecule has 4 aromatic rings. The molecule has 5 atom stereocenters. The smallest absolute Gasteiger partial charge is 0.306 e. The highest BCUT2D eigenvalue weighted by atomic mass is 16.5. The van der Waals surface area contributed by atoms with Crippen molar-refractivity contribution in [3.8, 4) is 0 Å². The molecule has 8 rings (SSSR count). The van der Waals surface area contributed by atoms with Crippen LogP contribution in [0.1, 0.15) is 107 Å². The second-order valence-electron chi connectivity index (χ2n) is 20.3. The maximum absolute atomic E-state index is 10.7. The summed E-state index contributed by atoms with van der Waals surface area (Å²) < 4.78 is 8.40. The Morgan fingerprint density at radius 3 is 1.33 bits per heavy atom. The predicted octanol–water partition coefficient (Wildman–Crippen LogP) is 7.87. The molecule has 4 aliphatic heterocycles. The monoisotopic (exact) mass is 953 g/mol. The van der Waals surface area contributed by atoms with Crippen LogP contribution in [0.5, 0.6) is 0 Å². The Balaban J connectivity index is 0.000000226. The van der Waals surface area contributed by atoms with E-state index in [-0.39, 0.29) is 11.8 Å². The van der Waals surface area contributed by atoms with Gasteiger partial charge in [0.25, 0.3) is 0 Å². The maximum Gasteiger partial charge on any atom is 0.306 e. The molecule has 5 unspecified atom stereocenters. The Bertz CT molecular complexity index is 2090. The van der Waals surface area contributed by atoms with Crippen molar-refractivity contribution in [2.45, 2.75) is 119 Å². The lowest BCUT2D eigenvalue weighted by Crippen LogP contribution is -2.48. The van der Waals surface area contributed by atoms with Crippen molar-refractivity contribution < 1.29 is 53.3 Å². The number of para-hydroxylation sites is 1. The van der Waals surface area contributed by atoms with Crippen molar-refractivity contribution >= 4 is 29.6 Å². The molecule has 2 N–H and O–H groups in total. The van der Waals surface area contributed by atoms with Crippen LogP contribution < -0.4 is 14.7 Å². The molecule has 0 amide bonds. The summed E-state index contributed by atoms with van der Waals surface area (Å²) in [5, 5.41) is 37.6. The number of hydrogen-bond donors (Lipinski definition) is 2. The number of carboxylic acids is 4. The number of quaternary nitrogens is 3. The minimum Gasteiger partial charge on any atom is -0.550 e. The van der Waals surface area contributed by atoms with Crippen LogP contribution in [0.25, 0.3) is 0 Å². The number of rotatable bonds is 12. The molecule has 378 valence electrons. The van der Waals surface area contributed by atoms with Gasteiger partial charge in [0, 0.05) is 83.5 Å². The van der Waals surface area contributed by atoms with E-state index in [1.807, 2.05) is 13.8 Å². The highest BCUT2D eigenvalue weighted by Crippen LogP contribution is 2.40. The van der Waals surface area contributed by atoms with Crippen LogP contribution in [0, 0.1) is 23.7 Å². The molecule has 0 radical (unpaired) electrons. The standard InChI is InChI=1S/C16H16N.C12H16N.C10H16N.C9H16O5.2C5H10O2/c1-2-6-14-10-17(9-13(14)5-1)11-15-7-3-4-8-16(15)12-17;1-2-6-12-11(5-1)7-10-13(12)8-3-4-9-13;1-11(2,3)9-10-7-5-4-6-8-10;1-4-6(14-3)7(9(12)13)5(2)8(10)11;2*1-3-4(2)5(6)7/h1-8H,9-12H2;1-2,5-6H,3-4,7-10H2;4-8H,9H2,1-3H3;5-7H,4H2,1-3H3,(H,10,11)(H,12,13);2*4H,3H2,1-2H3,(H,6,7)/q3*+1;;;/p-2. The van der Waals surface area contributed by atoms with Gasteiger partial charge in [0.15, 0.2) is 0 Å². The number of carboxylic acid groups (broad SMARTS) is 4. The first kappa shape index (κ1) is 57.9. The van der Waals surface area contributed by atoms with Gasteiger partial charge >= 0.3 is 11.9 Å². The fourth-order valence-corrected chi connectivity index (χ4v) is 9.43. The molecule has 4 aromatic carbocycles. The number of methoxy groups -OCH3 is 1. The van der Waals surface area contributed by atoms with Crippen LogP contribution in [-0.4, -0.2) is 97.0 Å². The van der Waals surface area contributed by atoms with Gasteiger partial charge < -0.3 is 43.7 Å². The third-order valence-corrected chi connectivity index (χ3v) is 13.8. The first-order valence-corrected chi connectivity index (χ1v) is 24.8. The molecule has 0 bridgehead atoms. The maximum atomic E-state index is 10.7. The Morgan fingerprint density at radius 2 is 1.00 bits per heavy atom. The molecule has 2 spiro atoms. The molecule has 12 nitrogen and oxygen atoms in total. The molecule has 4 heterocycles. The van der Waals surface area contributed by atoms with E-state index >= 15 is 0 Å². The highest BCUT2D eigenvalue weighted by molar-refractivity contribution is 5.78. The second kappa shape index (κ2) is 27.7. The number of nitrogens with zero attached hydrogens (tertiary/aromatic N) is 3. The summed E-state index contributed by atoms with van der Waals surface area (Å²) >= 11 is 0. The molecule has 1 saturated heterocycles. The molecule has 1 fully saturated rings. The summed E-state index contributed by atoms with van der Waals surface area (Å²) in [7, 11) is 7.94. The van der Waals surface area contributed by atoms with Gasteiger partial charge in [-0.25, -0.2) is 0 Å². The predicted molar refractivity (Wildman–Crippen MR) is 270 cm³/mol. The third-order valence-electron chi connectivity index (χ3n) is 13.8. The van der Waals surface area contributed by atoms with E-state index in [1.54, 1.807) is 54.3 Å². The van der Waals surface area contributed by atoms with Crippen molar-refractivity contribution in [3.63, 3.8) is 0 Å². The van der Waals surface area contributed by atoms with Gasteiger partial charge in [-0.2, -0.15) is 0 Å². The molecule has 12 heteroatoms.